The third-order valence-electron chi connectivity index (χ3n) is 2.61. The van der Waals surface area contributed by atoms with Crippen molar-refractivity contribution in [1.29, 1.82) is 0 Å². The predicted molar refractivity (Wildman–Crippen MR) is 50.4 cm³/mol. The van der Waals surface area contributed by atoms with Crippen LogP contribution in [0.2, 0.25) is 0 Å². The van der Waals surface area contributed by atoms with Crippen LogP contribution in [0.1, 0.15) is 0 Å². The fraction of sp³-hybridized carbons (Fsp3) is 0.500. The zero-order valence-electron chi connectivity index (χ0n) is 7.76. The van der Waals surface area contributed by atoms with E-state index in [2.05, 4.69) is 6.58 Å². The molecular formula is C10H13NO3. The van der Waals surface area contributed by atoms with Crippen molar-refractivity contribution in [1.82, 2.24) is 0 Å². The van der Waals surface area contributed by atoms with Gasteiger partial charge in [-0.25, -0.2) is 0 Å². The molecule has 2 aliphatic rings. The first-order valence-corrected chi connectivity index (χ1v) is 4.61. The van der Waals surface area contributed by atoms with Crippen molar-refractivity contribution in [2.75, 3.05) is 6.61 Å². The molecule has 0 aromatic heterocycles. The molecule has 0 spiro atoms. The van der Waals surface area contributed by atoms with Crippen LogP contribution in [0.4, 0.5) is 0 Å². The highest BCUT2D eigenvalue weighted by atomic mass is 16.5. The van der Waals surface area contributed by atoms with E-state index in [1.54, 1.807) is 12.2 Å². The highest BCUT2D eigenvalue weighted by Crippen LogP contribution is 2.29. The lowest BCUT2D eigenvalue weighted by Gasteiger charge is -2.14. The minimum atomic E-state index is -0.392. The molecule has 0 aromatic carbocycles. The largest absolute Gasteiger partial charge is 0.461 e. The van der Waals surface area contributed by atoms with E-state index in [1.807, 2.05) is 6.08 Å². The van der Waals surface area contributed by atoms with Gasteiger partial charge in [0.25, 0.3) is 0 Å². The summed E-state index contributed by atoms with van der Waals surface area (Å²) in [6, 6.07) is -0.354. The molecule has 1 fully saturated rings. The molecule has 2 rings (SSSR count). The molecule has 4 nitrogen and oxygen atoms in total. The minimum Gasteiger partial charge on any atom is -0.461 e. The SMILES string of the molecule is C=C[C@H]1O[C@H]2C=CCOC(=O)[C@H]2[C@@H]1N. The van der Waals surface area contributed by atoms with Crippen molar-refractivity contribution in [2.24, 2.45) is 11.7 Å². The predicted octanol–water partition coefficient (Wildman–Crippen LogP) is -0.00370. The van der Waals surface area contributed by atoms with Crippen molar-refractivity contribution in [2.45, 2.75) is 18.2 Å². The monoisotopic (exact) mass is 195 g/mol. The molecule has 0 aliphatic carbocycles. The van der Waals surface area contributed by atoms with Gasteiger partial charge in [-0.05, 0) is 6.08 Å². The Hall–Kier alpha value is -1.13. The van der Waals surface area contributed by atoms with E-state index >= 15 is 0 Å². The molecule has 76 valence electrons. The lowest BCUT2D eigenvalue weighted by atomic mass is 9.94. The molecule has 0 saturated carbocycles. The average molecular weight is 195 g/mol. The summed E-state index contributed by atoms with van der Waals surface area (Å²) >= 11 is 0. The van der Waals surface area contributed by atoms with E-state index in [0.717, 1.165) is 0 Å². The number of hydrogen-bond donors (Lipinski definition) is 1. The fourth-order valence-electron chi connectivity index (χ4n) is 1.87. The van der Waals surface area contributed by atoms with Crippen molar-refractivity contribution in [3.05, 3.63) is 24.8 Å². The molecule has 2 aliphatic heterocycles. The highest BCUT2D eigenvalue weighted by Gasteiger charge is 2.45. The smallest absolute Gasteiger partial charge is 0.313 e. The molecule has 4 atom stereocenters. The number of hydrogen-bond acceptors (Lipinski definition) is 4. The lowest BCUT2D eigenvalue weighted by Crippen LogP contribution is -2.40. The maximum absolute atomic E-state index is 11.5. The summed E-state index contributed by atoms with van der Waals surface area (Å²) < 4.78 is 10.5. The van der Waals surface area contributed by atoms with Gasteiger partial charge in [0.15, 0.2) is 0 Å². The van der Waals surface area contributed by atoms with E-state index < -0.39 is 5.92 Å². The van der Waals surface area contributed by atoms with E-state index in [-0.39, 0.29) is 24.2 Å². The van der Waals surface area contributed by atoms with Gasteiger partial charge in [-0.2, -0.15) is 0 Å². The molecule has 2 N–H and O–H groups in total. The van der Waals surface area contributed by atoms with Gasteiger partial charge in [0.2, 0.25) is 0 Å². The quantitative estimate of drug-likeness (QED) is 0.472. The van der Waals surface area contributed by atoms with Crippen LogP contribution >= 0.6 is 0 Å². The Bertz CT molecular complexity index is 287. The van der Waals surface area contributed by atoms with Crippen molar-refractivity contribution >= 4 is 5.97 Å². The molecular weight excluding hydrogens is 182 g/mol. The standard InChI is InChI=1S/C10H13NO3/c1-2-6-9(11)8-7(14-6)4-3-5-13-10(8)12/h2-4,6-9H,1,5,11H2/t6-,7+,8-,9-/m1/s1. The first kappa shape index (κ1) is 9.43. The van der Waals surface area contributed by atoms with Gasteiger partial charge < -0.3 is 15.2 Å². The number of fused-ring (bicyclic) bond motifs is 1. The van der Waals surface area contributed by atoms with Gasteiger partial charge in [0, 0.05) is 0 Å². The zero-order valence-corrected chi connectivity index (χ0v) is 7.76. The summed E-state index contributed by atoms with van der Waals surface area (Å²) in [7, 11) is 0. The van der Waals surface area contributed by atoms with Crippen molar-refractivity contribution < 1.29 is 14.3 Å². The zero-order chi connectivity index (χ0) is 10.1. The fourth-order valence-corrected chi connectivity index (χ4v) is 1.87. The number of rotatable bonds is 1. The topological polar surface area (TPSA) is 61.5 Å². The number of ether oxygens (including phenoxy) is 2. The second-order valence-corrected chi connectivity index (χ2v) is 3.46. The molecule has 0 unspecified atom stereocenters. The third-order valence-corrected chi connectivity index (χ3v) is 2.61. The van der Waals surface area contributed by atoms with Crippen molar-refractivity contribution in [3.63, 3.8) is 0 Å². The van der Waals surface area contributed by atoms with Crippen LogP contribution in [0.5, 0.6) is 0 Å². The minimum absolute atomic E-state index is 0.261. The molecule has 0 radical (unpaired) electrons. The van der Waals surface area contributed by atoms with Crippen LogP contribution in [-0.4, -0.2) is 30.8 Å². The first-order chi connectivity index (χ1) is 6.74. The maximum Gasteiger partial charge on any atom is 0.313 e. The lowest BCUT2D eigenvalue weighted by molar-refractivity contribution is -0.147. The van der Waals surface area contributed by atoms with Gasteiger partial charge in [0.05, 0.1) is 18.2 Å². The van der Waals surface area contributed by atoms with Crippen LogP contribution < -0.4 is 5.73 Å². The Morgan fingerprint density at radius 1 is 1.64 bits per heavy atom. The Labute approximate surface area is 82.4 Å². The van der Waals surface area contributed by atoms with Gasteiger partial charge in [-0.3, -0.25) is 4.79 Å². The molecule has 2 heterocycles. The third kappa shape index (κ3) is 1.36. The second-order valence-electron chi connectivity index (χ2n) is 3.46. The number of carbonyl (C=O) groups is 1. The highest BCUT2D eigenvalue weighted by molar-refractivity contribution is 5.75. The summed E-state index contributed by atoms with van der Waals surface area (Å²) in [5.74, 6) is -0.673. The van der Waals surface area contributed by atoms with Crippen LogP contribution in [0.25, 0.3) is 0 Å². The van der Waals surface area contributed by atoms with Gasteiger partial charge in [-0.1, -0.05) is 12.2 Å². The first-order valence-electron chi connectivity index (χ1n) is 4.61. The normalized spacial score (nSPS) is 41.4. The van der Waals surface area contributed by atoms with Crippen LogP contribution in [-0.2, 0) is 14.3 Å². The Balaban J connectivity index is 2.25. The summed E-state index contributed by atoms with van der Waals surface area (Å²) in [6.45, 7) is 3.92. The Kier molecular flexibility index (Phi) is 2.39. The second kappa shape index (κ2) is 3.55. The van der Waals surface area contributed by atoms with E-state index in [4.69, 9.17) is 15.2 Å². The summed E-state index contributed by atoms with van der Waals surface area (Å²) in [5, 5.41) is 0. The number of nitrogens with two attached hydrogens (primary N) is 1. The van der Waals surface area contributed by atoms with Crippen LogP contribution in [0.15, 0.2) is 24.8 Å². The molecule has 14 heavy (non-hydrogen) atoms. The van der Waals surface area contributed by atoms with Gasteiger partial charge in [-0.15, -0.1) is 6.58 Å². The van der Waals surface area contributed by atoms with Crippen LogP contribution in [0.3, 0.4) is 0 Å². The molecule has 0 amide bonds. The molecule has 0 bridgehead atoms. The van der Waals surface area contributed by atoms with Gasteiger partial charge >= 0.3 is 5.97 Å². The molecule has 1 saturated heterocycles. The summed E-state index contributed by atoms with van der Waals surface area (Å²) in [6.07, 6.45) is 4.71. The number of cyclic esters (lactones) is 1. The number of carbonyl (C=O) groups excluding carboxylic acids is 1. The van der Waals surface area contributed by atoms with E-state index in [0.29, 0.717) is 6.61 Å². The van der Waals surface area contributed by atoms with Crippen molar-refractivity contribution in [3.8, 4) is 0 Å². The Morgan fingerprint density at radius 3 is 3.14 bits per heavy atom. The summed E-state index contributed by atoms with van der Waals surface area (Å²) in [4.78, 5) is 11.5. The van der Waals surface area contributed by atoms with Crippen LogP contribution in [0, 0.1) is 5.92 Å². The Morgan fingerprint density at radius 2 is 2.43 bits per heavy atom. The summed E-state index contributed by atoms with van der Waals surface area (Å²) in [5.41, 5.74) is 5.87. The molecule has 0 aromatic rings. The maximum atomic E-state index is 11.5. The average Bonchev–Trinajstić information content (AvgIpc) is 2.37. The van der Waals surface area contributed by atoms with E-state index in [9.17, 15) is 4.79 Å². The molecule has 4 heteroatoms. The number of esters is 1. The van der Waals surface area contributed by atoms with Gasteiger partial charge in [0.1, 0.15) is 12.5 Å². The van der Waals surface area contributed by atoms with E-state index in [1.165, 1.54) is 0 Å².